The van der Waals surface area contributed by atoms with Gasteiger partial charge < -0.3 is 10.6 Å². The van der Waals surface area contributed by atoms with Crippen LogP contribution < -0.4 is 10.6 Å². The van der Waals surface area contributed by atoms with E-state index in [0.717, 1.165) is 11.3 Å². The number of halogens is 1. The average Bonchev–Trinajstić information content (AvgIpc) is 2.63. The lowest BCUT2D eigenvalue weighted by molar-refractivity contribution is 0.0950. The normalized spacial score (nSPS) is 10.2. The van der Waals surface area contributed by atoms with Crippen molar-refractivity contribution in [2.75, 3.05) is 5.32 Å². The molecule has 6 heteroatoms. The van der Waals surface area contributed by atoms with Gasteiger partial charge in [0.05, 0.1) is 28.2 Å². The lowest BCUT2D eigenvalue weighted by Gasteiger charge is -2.09. The highest BCUT2D eigenvalue weighted by Gasteiger charge is 2.08. The number of para-hydroxylation sites is 1. The number of aromatic nitrogens is 2. The molecule has 24 heavy (non-hydrogen) atoms. The van der Waals surface area contributed by atoms with Crippen LogP contribution in [0.4, 0.5) is 11.4 Å². The van der Waals surface area contributed by atoms with Gasteiger partial charge in [-0.3, -0.25) is 14.8 Å². The van der Waals surface area contributed by atoms with Crippen LogP contribution in [0.25, 0.3) is 0 Å². The van der Waals surface area contributed by atoms with Crippen LogP contribution in [0.2, 0.25) is 5.02 Å². The van der Waals surface area contributed by atoms with Crippen molar-refractivity contribution >= 4 is 28.9 Å². The molecule has 1 aromatic carbocycles. The molecule has 5 nitrogen and oxygen atoms in total. The minimum absolute atomic E-state index is 0.200. The first-order valence-corrected chi connectivity index (χ1v) is 7.74. The molecule has 0 aliphatic heterocycles. The van der Waals surface area contributed by atoms with Crippen molar-refractivity contribution in [2.24, 2.45) is 0 Å². The highest BCUT2D eigenvalue weighted by molar-refractivity contribution is 6.33. The van der Waals surface area contributed by atoms with E-state index in [1.807, 2.05) is 30.3 Å². The molecule has 120 valence electrons. The van der Waals surface area contributed by atoms with E-state index in [0.29, 0.717) is 22.8 Å². The van der Waals surface area contributed by atoms with Crippen LogP contribution >= 0.6 is 11.6 Å². The fraction of sp³-hybridized carbons (Fsp3) is 0.0556. The maximum Gasteiger partial charge on any atom is 0.253 e. The van der Waals surface area contributed by atoms with Crippen molar-refractivity contribution in [1.29, 1.82) is 0 Å². The van der Waals surface area contributed by atoms with Crippen LogP contribution in [0.15, 0.2) is 67.3 Å². The zero-order chi connectivity index (χ0) is 16.8. The number of anilines is 2. The number of pyridine rings is 2. The van der Waals surface area contributed by atoms with Crippen LogP contribution in [0.3, 0.4) is 0 Å². The summed E-state index contributed by atoms with van der Waals surface area (Å²) >= 11 is 6.13. The van der Waals surface area contributed by atoms with E-state index in [4.69, 9.17) is 11.6 Å². The first kappa shape index (κ1) is 16.0. The second-order valence-corrected chi connectivity index (χ2v) is 5.52. The molecule has 1 amide bonds. The van der Waals surface area contributed by atoms with Crippen molar-refractivity contribution in [2.45, 2.75) is 6.54 Å². The lowest BCUT2D eigenvalue weighted by atomic mass is 10.2. The Bertz CT molecular complexity index is 839. The van der Waals surface area contributed by atoms with E-state index in [-0.39, 0.29) is 5.91 Å². The Morgan fingerprint density at radius 2 is 1.92 bits per heavy atom. The predicted molar refractivity (Wildman–Crippen MR) is 94.4 cm³/mol. The molecular weight excluding hydrogens is 324 g/mol. The second-order valence-electron chi connectivity index (χ2n) is 5.11. The Hall–Kier alpha value is -2.92. The summed E-state index contributed by atoms with van der Waals surface area (Å²) in [7, 11) is 0. The molecule has 3 rings (SSSR count). The largest absolute Gasteiger partial charge is 0.353 e. The van der Waals surface area contributed by atoms with Crippen LogP contribution in [0, 0.1) is 0 Å². The number of amides is 1. The predicted octanol–water partition coefficient (Wildman–Crippen LogP) is 3.80. The monoisotopic (exact) mass is 338 g/mol. The van der Waals surface area contributed by atoms with Gasteiger partial charge in [0.15, 0.2) is 0 Å². The smallest absolute Gasteiger partial charge is 0.253 e. The second kappa shape index (κ2) is 7.57. The third-order valence-electron chi connectivity index (χ3n) is 3.33. The molecule has 0 saturated heterocycles. The van der Waals surface area contributed by atoms with Gasteiger partial charge >= 0.3 is 0 Å². The molecule has 2 heterocycles. The van der Waals surface area contributed by atoms with Gasteiger partial charge in [-0.2, -0.15) is 0 Å². The molecule has 0 aliphatic carbocycles. The quantitative estimate of drug-likeness (QED) is 0.742. The first-order chi connectivity index (χ1) is 11.7. The van der Waals surface area contributed by atoms with Gasteiger partial charge in [0.25, 0.3) is 5.91 Å². The molecule has 0 radical (unpaired) electrons. The van der Waals surface area contributed by atoms with Crippen LogP contribution in [0.5, 0.6) is 0 Å². The Kier molecular flexibility index (Phi) is 5.03. The standard InChI is InChI=1S/C18H15ClN4O/c19-16-5-1-2-6-17(16)23-15-8-14(11-21-12-15)18(24)22-10-13-4-3-7-20-9-13/h1-9,11-12,23H,10H2,(H,22,24). The molecule has 0 unspecified atom stereocenters. The third kappa shape index (κ3) is 4.08. The molecule has 0 aliphatic rings. The molecular formula is C18H15ClN4O. The Balaban J connectivity index is 1.68. The lowest BCUT2D eigenvalue weighted by Crippen LogP contribution is -2.23. The van der Waals surface area contributed by atoms with Gasteiger partial charge in [-0.15, -0.1) is 0 Å². The van der Waals surface area contributed by atoms with E-state index >= 15 is 0 Å². The maximum absolute atomic E-state index is 12.3. The van der Waals surface area contributed by atoms with E-state index in [1.54, 1.807) is 30.7 Å². The summed E-state index contributed by atoms with van der Waals surface area (Å²) in [5.41, 5.74) is 2.85. The maximum atomic E-state index is 12.3. The van der Waals surface area contributed by atoms with Crippen LogP contribution in [-0.4, -0.2) is 15.9 Å². The number of benzene rings is 1. The molecule has 2 aromatic heterocycles. The molecule has 0 fully saturated rings. The van der Waals surface area contributed by atoms with Gasteiger partial charge in [0.1, 0.15) is 0 Å². The Labute approximate surface area is 144 Å². The fourth-order valence-corrected chi connectivity index (χ4v) is 2.32. The summed E-state index contributed by atoms with van der Waals surface area (Å²) in [4.78, 5) is 20.4. The summed E-state index contributed by atoms with van der Waals surface area (Å²) in [6, 6.07) is 12.9. The van der Waals surface area contributed by atoms with E-state index < -0.39 is 0 Å². The minimum atomic E-state index is -0.200. The van der Waals surface area contributed by atoms with Crippen molar-refractivity contribution in [3.05, 3.63) is 83.4 Å². The van der Waals surface area contributed by atoms with Crippen LogP contribution in [-0.2, 0) is 6.54 Å². The fourth-order valence-electron chi connectivity index (χ4n) is 2.14. The van der Waals surface area contributed by atoms with Gasteiger partial charge in [-0.25, -0.2) is 0 Å². The van der Waals surface area contributed by atoms with Gasteiger partial charge in [0.2, 0.25) is 0 Å². The topological polar surface area (TPSA) is 66.9 Å². The summed E-state index contributed by atoms with van der Waals surface area (Å²) in [5.74, 6) is -0.200. The first-order valence-electron chi connectivity index (χ1n) is 7.36. The summed E-state index contributed by atoms with van der Waals surface area (Å²) in [6.45, 7) is 0.412. The average molecular weight is 339 g/mol. The summed E-state index contributed by atoms with van der Waals surface area (Å²) in [6.07, 6.45) is 6.57. The minimum Gasteiger partial charge on any atom is -0.353 e. The summed E-state index contributed by atoms with van der Waals surface area (Å²) in [5, 5.41) is 6.60. The van der Waals surface area contributed by atoms with Gasteiger partial charge in [-0.05, 0) is 29.8 Å². The molecule has 0 atom stereocenters. The third-order valence-corrected chi connectivity index (χ3v) is 3.66. The summed E-state index contributed by atoms with van der Waals surface area (Å²) < 4.78 is 0. The Morgan fingerprint density at radius 3 is 2.71 bits per heavy atom. The number of nitrogens with zero attached hydrogens (tertiary/aromatic N) is 2. The Morgan fingerprint density at radius 1 is 1.04 bits per heavy atom. The molecule has 3 aromatic rings. The highest BCUT2D eigenvalue weighted by atomic mass is 35.5. The number of hydrogen-bond donors (Lipinski definition) is 2. The van der Waals surface area contributed by atoms with Crippen molar-refractivity contribution in [3.63, 3.8) is 0 Å². The molecule has 2 N–H and O–H groups in total. The zero-order valence-corrected chi connectivity index (χ0v) is 13.5. The zero-order valence-electron chi connectivity index (χ0n) is 12.7. The van der Waals surface area contributed by atoms with Crippen LogP contribution in [0.1, 0.15) is 15.9 Å². The van der Waals surface area contributed by atoms with Gasteiger partial charge in [-0.1, -0.05) is 29.8 Å². The molecule has 0 bridgehead atoms. The molecule has 0 saturated carbocycles. The molecule has 0 spiro atoms. The number of nitrogens with one attached hydrogen (secondary N) is 2. The van der Waals surface area contributed by atoms with Crippen molar-refractivity contribution in [1.82, 2.24) is 15.3 Å². The van der Waals surface area contributed by atoms with E-state index in [9.17, 15) is 4.79 Å². The number of carbonyl (C=O) groups is 1. The van der Waals surface area contributed by atoms with E-state index in [2.05, 4.69) is 20.6 Å². The number of carbonyl (C=O) groups excluding carboxylic acids is 1. The van der Waals surface area contributed by atoms with Crippen molar-refractivity contribution in [3.8, 4) is 0 Å². The van der Waals surface area contributed by atoms with Gasteiger partial charge in [0, 0.05) is 25.1 Å². The highest BCUT2D eigenvalue weighted by Crippen LogP contribution is 2.24. The number of rotatable bonds is 5. The SMILES string of the molecule is O=C(NCc1cccnc1)c1cncc(Nc2ccccc2Cl)c1. The number of hydrogen-bond acceptors (Lipinski definition) is 4. The van der Waals surface area contributed by atoms with E-state index in [1.165, 1.54) is 6.20 Å². The van der Waals surface area contributed by atoms with Crippen molar-refractivity contribution < 1.29 is 4.79 Å².